The van der Waals surface area contributed by atoms with Crippen molar-refractivity contribution in [2.75, 3.05) is 0 Å². The number of rotatable bonds is 5. The Morgan fingerprint density at radius 1 is 1.68 bits per heavy atom. The molecule has 4 nitrogen and oxygen atoms in total. The summed E-state index contributed by atoms with van der Waals surface area (Å²) < 4.78 is 1.94. The lowest BCUT2D eigenvalue weighted by Crippen LogP contribution is -2.41. The summed E-state index contributed by atoms with van der Waals surface area (Å²) in [5.41, 5.74) is 6.62. The van der Waals surface area contributed by atoms with Crippen LogP contribution in [0.5, 0.6) is 0 Å². The number of hydrogen-bond acceptors (Lipinski definition) is 3. The number of aromatic nitrogens is 2. The average molecular weight is 263 g/mol. The normalized spacial score (nSPS) is 28.5. The van der Waals surface area contributed by atoms with Crippen LogP contribution in [0.15, 0.2) is 12.3 Å². The van der Waals surface area contributed by atoms with Crippen molar-refractivity contribution < 1.29 is 4.79 Å². The zero-order valence-electron chi connectivity index (χ0n) is 12.2. The molecule has 1 aliphatic carbocycles. The average Bonchev–Trinajstić information content (AvgIpc) is 2.97. The molecular weight excluding hydrogens is 238 g/mol. The molecule has 0 radical (unpaired) electrons. The van der Waals surface area contributed by atoms with E-state index < -0.39 is 0 Å². The molecule has 19 heavy (non-hydrogen) atoms. The largest absolute Gasteiger partial charge is 0.327 e. The molecular formula is C15H25N3O. The maximum absolute atomic E-state index is 12.5. The molecule has 0 aliphatic heterocycles. The van der Waals surface area contributed by atoms with Gasteiger partial charge in [0.15, 0.2) is 0 Å². The molecule has 3 unspecified atom stereocenters. The van der Waals surface area contributed by atoms with Gasteiger partial charge >= 0.3 is 0 Å². The van der Waals surface area contributed by atoms with Crippen molar-refractivity contribution in [3.8, 4) is 0 Å². The van der Waals surface area contributed by atoms with E-state index in [1.54, 1.807) is 0 Å². The Labute approximate surface area is 115 Å². The Morgan fingerprint density at radius 2 is 2.42 bits per heavy atom. The van der Waals surface area contributed by atoms with Gasteiger partial charge in [-0.15, -0.1) is 0 Å². The summed E-state index contributed by atoms with van der Waals surface area (Å²) in [6.45, 7) is 6.28. The topological polar surface area (TPSA) is 60.9 Å². The smallest absolute Gasteiger partial charge is 0.146 e. The Bertz CT molecular complexity index is 454. The van der Waals surface area contributed by atoms with Gasteiger partial charge in [-0.2, -0.15) is 5.10 Å². The highest BCUT2D eigenvalue weighted by Gasteiger charge is 2.42. The minimum atomic E-state index is -0.347. The third-order valence-electron chi connectivity index (χ3n) is 4.71. The van der Waals surface area contributed by atoms with Crippen molar-refractivity contribution >= 4 is 5.78 Å². The van der Waals surface area contributed by atoms with E-state index in [0.29, 0.717) is 12.5 Å². The van der Waals surface area contributed by atoms with Crippen LogP contribution in [0.25, 0.3) is 0 Å². The molecule has 0 bridgehead atoms. The first-order chi connectivity index (χ1) is 8.97. The molecule has 2 rings (SSSR count). The lowest BCUT2D eigenvalue weighted by Gasteiger charge is -2.26. The van der Waals surface area contributed by atoms with Crippen LogP contribution in [-0.4, -0.2) is 21.6 Å². The predicted molar refractivity (Wildman–Crippen MR) is 75.9 cm³/mol. The van der Waals surface area contributed by atoms with Crippen LogP contribution in [0.3, 0.4) is 0 Å². The number of nitrogens with two attached hydrogens (primary N) is 1. The second-order valence-electron chi connectivity index (χ2n) is 6.06. The standard InChI is InChI=1S/C15H25N3O/c1-4-11(2)18-9-7-12(17-18)10-14(19)15(3)8-5-6-13(15)16/h7,9,11,13H,4-6,8,10,16H2,1-3H3. The van der Waals surface area contributed by atoms with E-state index in [1.165, 1.54) is 0 Å². The minimum Gasteiger partial charge on any atom is -0.327 e. The molecule has 1 aromatic rings. The number of Topliss-reactive ketones (excluding diaryl/α,β-unsaturated/α-hetero) is 1. The summed E-state index contributed by atoms with van der Waals surface area (Å²) in [6, 6.07) is 2.35. The van der Waals surface area contributed by atoms with E-state index in [-0.39, 0.29) is 17.2 Å². The first-order valence-corrected chi connectivity index (χ1v) is 7.30. The fourth-order valence-electron chi connectivity index (χ4n) is 2.81. The van der Waals surface area contributed by atoms with Crippen molar-refractivity contribution in [2.24, 2.45) is 11.1 Å². The van der Waals surface area contributed by atoms with Gasteiger partial charge in [-0.05, 0) is 32.3 Å². The van der Waals surface area contributed by atoms with Gasteiger partial charge in [-0.25, -0.2) is 0 Å². The van der Waals surface area contributed by atoms with E-state index in [0.717, 1.165) is 31.4 Å². The molecule has 1 heterocycles. The summed E-state index contributed by atoms with van der Waals surface area (Å²) in [7, 11) is 0. The number of carbonyl (C=O) groups is 1. The molecule has 2 N–H and O–H groups in total. The highest BCUT2D eigenvalue weighted by atomic mass is 16.1. The molecule has 0 saturated heterocycles. The van der Waals surface area contributed by atoms with Gasteiger partial charge in [-0.1, -0.05) is 20.3 Å². The third kappa shape index (κ3) is 2.73. The van der Waals surface area contributed by atoms with Gasteiger partial charge in [0.25, 0.3) is 0 Å². The first-order valence-electron chi connectivity index (χ1n) is 7.30. The summed E-state index contributed by atoms with van der Waals surface area (Å²) >= 11 is 0. The van der Waals surface area contributed by atoms with Gasteiger partial charge in [-0.3, -0.25) is 9.48 Å². The zero-order chi connectivity index (χ0) is 14.0. The fraction of sp³-hybridized carbons (Fsp3) is 0.733. The summed E-state index contributed by atoms with van der Waals surface area (Å²) in [5, 5.41) is 4.50. The SMILES string of the molecule is CCC(C)n1ccc(CC(=O)C2(C)CCCC2N)n1. The van der Waals surface area contributed by atoms with Crippen molar-refractivity contribution in [2.45, 2.75) is 65.0 Å². The monoisotopic (exact) mass is 263 g/mol. The number of hydrogen-bond donors (Lipinski definition) is 1. The van der Waals surface area contributed by atoms with Crippen LogP contribution in [-0.2, 0) is 11.2 Å². The summed E-state index contributed by atoms with van der Waals surface area (Å²) in [4.78, 5) is 12.5. The highest BCUT2D eigenvalue weighted by molar-refractivity contribution is 5.87. The van der Waals surface area contributed by atoms with Crippen LogP contribution in [0.4, 0.5) is 0 Å². The number of ketones is 1. The van der Waals surface area contributed by atoms with Crippen molar-refractivity contribution in [1.82, 2.24) is 9.78 Å². The number of nitrogens with zero attached hydrogens (tertiary/aromatic N) is 2. The van der Waals surface area contributed by atoms with Gasteiger partial charge in [0, 0.05) is 23.7 Å². The molecule has 1 aliphatic rings. The molecule has 3 atom stereocenters. The van der Waals surface area contributed by atoms with E-state index >= 15 is 0 Å². The van der Waals surface area contributed by atoms with E-state index in [1.807, 2.05) is 23.9 Å². The van der Waals surface area contributed by atoms with Crippen LogP contribution in [0, 0.1) is 5.41 Å². The van der Waals surface area contributed by atoms with Crippen LogP contribution in [0.1, 0.15) is 58.2 Å². The number of carbonyl (C=O) groups excluding carboxylic acids is 1. The van der Waals surface area contributed by atoms with E-state index in [2.05, 4.69) is 18.9 Å². The Hall–Kier alpha value is -1.16. The van der Waals surface area contributed by atoms with Gasteiger partial charge in [0.1, 0.15) is 5.78 Å². The first kappa shape index (κ1) is 14.3. The zero-order valence-corrected chi connectivity index (χ0v) is 12.2. The Balaban J connectivity index is 2.05. The molecule has 0 amide bonds. The van der Waals surface area contributed by atoms with Crippen molar-refractivity contribution in [1.29, 1.82) is 0 Å². The van der Waals surface area contributed by atoms with E-state index in [9.17, 15) is 4.79 Å². The Morgan fingerprint density at radius 3 is 3.00 bits per heavy atom. The van der Waals surface area contributed by atoms with Crippen LogP contribution >= 0.6 is 0 Å². The minimum absolute atomic E-state index is 0.0108. The molecule has 1 saturated carbocycles. The van der Waals surface area contributed by atoms with Gasteiger partial charge in [0.2, 0.25) is 0 Å². The second kappa shape index (κ2) is 5.45. The highest BCUT2D eigenvalue weighted by Crippen LogP contribution is 2.38. The predicted octanol–water partition coefficient (Wildman–Crippen LogP) is 2.48. The van der Waals surface area contributed by atoms with Crippen molar-refractivity contribution in [3.63, 3.8) is 0 Å². The molecule has 106 valence electrons. The molecule has 0 spiro atoms. The van der Waals surface area contributed by atoms with Crippen LogP contribution in [0.2, 0.25) is 0 Å². The molecule has 1 fully saturated rings. The maximum Gasteiger partial charge on any atom is 0.146 e. The Kier molecular flexibility index (Phi) is 4.09. The van der Waals surface area contributed by atoms with E-state index in [4.69, 9.17) is 5.73 Å². The maximum atomic E-state index is 12.5. The molecule has 1 aromatic heterocycles. The summed E-state index contributed by atoms with van der Waals surface area (Å²) in [5.74, 6) is 0.243. The summed E-state index contributed by atoms with van der Waals surface area (Å²) in [6.07, 6.45) is 6.35. The van der Waals surface area contributed by atoms with Gasteiger partial charge < -0.3 is 5.73 Å². The third-order valence-corrected chi connectivity index (χ3v) is 4.71. The molecule has 0 aromatic carbocycles. The lowest BCUT2D eigenvalue weighted by molar-refractivity contribution is -0.127. The quantitative estimate of drug-likeness (QED) is 0.887. The van der Waals surface area contributed by atoms with Gasteiger partial charge in [0.05, 0.1) is 12.1 Å². The second-order valence-corrected chi connectivity index (χ2v) is 6.06. The lowest BCUT2D eigenvalue weighted by atomic mass is 9.79. The van der Waals surface area contributed by atoms with Crippen molar-refractivity contribution in [3.05, 3.63) is 18.0 Å². The fourth-order valence-corrected chi connectivity index (χ4v) is 2.81. The van der Waals surface area contributed by atoms with Crippen LogP contribution < -0.4 is 5.73 Å². The molecule has 4 heteroatoms.